The van der Waals surface area contributed by atoms with Gasteiger partial charge in [0.1, 0.15) is 11.0 Å². The van der Waals surface area contributed by atoms with Gasteiger partial charge in [-0.2, -0.15) is 8.75 Å². The fourth-order valence-electron chi connectivity index (χ4n) is 14.4. The summed E-state index contributed by atoms with van der Waals surface area (Å²) in [5.41, 5.74) is 23.7. The normalized spacial score (nSPS) is 13.1. The number of anilines is 9. The van der Waals surface area contributed by atoms with E-state index in [-0.39, 0.29) is 5.41 Å². The fraction of sp³-hybridized carbons (Fsp3) is 0.0361. The summed E-state index contributed by atoms with van der Waals surface area (Å²) in [4.78, 5) is 7.03. The number of hydrogen-bond acceptors (Lipinski definition) is 7. The third-order valence-electron chi connectivity index (χ3n) is 18.8. The number of rotatable bonds is 9. The molecule has 0 amide bonds. The van der Waals surface area contributed by atoms with Gasteiger partial charge in [0, 0.05) is 55.6 Å². The minimum atomic E-state index is -0.122. The van der Waals surface area contributed by atoms with Gasteiger partial charge in [-0.05, 0) is 182 Å². The summed E-state index contributed by atoms with van der Waals surface area (Å²) in [5, 5.41) is 7.26. The molecule has 2 aliphatic heterocycles. The lowest BCUT2D eigenvalue weighted by Crippen LogP contribution is -2.30. The van der Waals surface area contributed by atoms with Gasteiger partial charge in [0.2, 0.25) is 0 Å². The minimum absolute atomic E-state index is 0.122. The van der Waals surface area contributed by atoms with Crippen molar-refractivity contribution in [1.82, 2.24) is 13.3 Å². The van der Waals surface area contributed by atoms with Crippen LogP contribution in [0.1, 0.15) is 25.0 Å². The summed E-state index contributed by atoms with van der Waals surface area (Å²) in [6.07, 6.45) is 0. The maximum Gasteiger partial charge on any atom is 0.151 e. The van der Waals surface area contributed by atoms with Gasteiger partial charge < -0.3 is 24.0 Å². The molecule has 0 unspecified atom stereocenters. The number of benzene rings is 14. The second-order valence-corrected chi connectivity index (χ2v) is 24.8. The smallest absolute Gasteiger partial charge is 0.151 e. The third-order valence-corrected chi connectivity index (χ3v) is 19.3. The van der Waals surface area contributed by atoms with Crippen LogP contribution < -0.4 is 19.4 Å². The number of fused-ring (bicyclic) bond motifs is 11. The molecule has 16 aromatic rings. The van der Waals surface area contributed by atoms with Crippen LogP contribution in [0.5, 0.6) is 11.5 Å². The average Bonchev–Trinajstić information content (AvgIpc) is 1.62. The average molecular weight is 1190 g/mol. The Kier molecular flexibility index (Phi) is 12.0. The predicted octanol–water partition coefficient (Wildman–Crippen LogP) is 23.3. The maximum absolute atomic E-state index is 6.45. The molecule has 14 aromatic carbocycles. The molecule has 0 aliphatic carbocycles. The SMILES string of the molecule is CC1(C)c2ccccc2N(c2ccc(-c3ccc4c(c3)c3ccc5cc6ccccc6cc5c3n4-c3ccc(-c4ccc(N(c5ccc(-c6ccccc6)cc5)c5cccc(N6c7ccccc7Oc7ccccc76)c5)c5nsnc45)cc3)cc2)c2ccccc21. The minimum Gasteiger partial charge on any atom is -0.453 e. The van der Waals surface area contributed by atoms with Gasteiger partial charge in [-0.25, -0.2) is 0 Å². The first-order valence-corrected chi connectivity index (χ1v) is 31.7. The molecule has 0 spiro atoms. The van der Waals surface area contributed by atoms with Gasteiger partial charge in [-0.3, -0.25) is 0 Å². The number of nitrogens with zero attached hydrogens (tertiary/aromatic N) is 6. The van der Waals surface area contributed by atoms with E-state index in [9.17, 15) is 0 Å². The van der Waals surface area contributed by atoms with Gasteiger partial charge >= 0.3 is 0 Å². The molecule has 0 saturated heterocycles. The molecule has 0 fully saturated rings. The Bertz CT molecular complexity index is 5460. The first-order valence-electron chi connectivity index (χ1n) is 31.0. The molecule has 4 heterocycles. The molecular formula is C83H56N6OS. The first kappa shape index (κ1) is 52.5. The number of aromatic nitrogens is 3. The van der Waals surface area contributed by atoms with Crippen molar-refractivity contribution >= 4 is 117 Å². The molecular weight excluding hydrogens is 1130 g/mol. The van der Waals surface area contributed by atoms with E-state index in [0.717, 1.165) is 95.8 Å². The van der Waals surface area contributed by atoms with E-state index in [4.69, 9.17) is 13.5 Å². The fourth-order valence-corrected chi connectivity index (χ4v) is 15.0. The molecule has 2 aliphatic rings. The second-order valence-electron chi connectivity index (χ2n) is 24.3. The van der Waals surface area contributed by atoms with Crippen LogP contribution in [-0.4, -0.2) is 13.3 Å². The molecule has 0 bridgehead atoms. The van der Waals surface area contributed by atoms with Gasteiger partial charge in [-0.1, -0.05) is 190 Å². The Labute approximate surface area is 531 Å². The van der Waals surface area contributed by atoms with Crippen molar-refractivity contribution in [2.45, 2.75) is 19.3 Å². The van der Waals surface area contributed by atoms with E-state index in [1.165, 1.54) is 83.2 Å². The zero-order chi connectivity index (χ0) is 60.3. The lowest BCUT2D eigenvalue weighted by Gasteiger charge is -2.42. The molecule has 18 rings (SSSR count). The summed E-state index contributed by atoms with van der Waals surface area (Å²) in [6.45, 7) is 4.67. The number of ether oxygens (including phenoxy) is 1. The molecule has 2 aromatic heterocycles. The highest BCUT2D eigenvalue weighted by molar-refractivity contribution is 7.00. The Morgan fingerprint density at radius 2 is 0.934 bits per heavy atom. The highest BCUT2D eigenvalue weighted by atomic mass is 32.1. The Morgan fingerprint density at radius 1 is 0.363 bits per heavy atom. The third kappa shape index (κ3) is 8.48. The molecule has 0 atom stereocenters. The van der Waals surface area contributed by atoms with Crippen LogP contribution in [0.15, 0.2) is 303 Å². The number of hydrogen-bond donors (Lipinski definition) is 0. The zero-order valence-electron chi connectivity index (χ0n) is 49.9. The van der Waals surface area contributed by atoms with Crippen LogP contribution in [0, 0.1) is 0 Å². The monoisotopic (exact) mass is 1180 g/mol. The Morgan fingerprint density at radius 3 is 1.66 bits per heavy atom. The van der Waals surface area contributed by atoms with Gasteiger partial charge in [0.25, 0.3) is 0 Å². The van der Waals surface area contributed by atoms with Crippen molar-refractivity contribution in [3.8, 4) is 50.6 Å². The number of para-hydroxylation sites is 6. The second kappa shape index (κ2) is 20.8. The van der Waals surface area contributed by atoms with Crippen molar-refractivity contribution in [3.05, 3.63) is 314 Å². The van der Waals surface area contributed by atoms with Crippen LogP contribution in [0.25, 0.3) is 93.5 Å². The van der Waals surface area contributed by atoms with Crippen LogP contribution in [0.2, 0.25) is 0 Å². The van der Waals surface area contributed by atoms with Gasteiger partial charge in [-0.15, -0.1) is 0 Å². The summed E-state index contributed by atoms with van der Waals surface area (Å²) in [7, 11) is 0. The topological polar surface area (TPSA) is 49.7 Å². The van der Waals surface area contributed by atoms with Gasteiger partial charge in [0.15, 0.2) is 11.5 Å². The molecule has 7 nitrogen and oxygen atoms in total. The highest BCUT2D eigenvalue weighted by Gasteiger charge is 2.37. The summed E-state index contributed by atoms with van der Waals surface area (Å²) in [6, 6.07) is 110. The van der Waals surface area contributed by atoms with Crippen molar-refractivity contribution < 1.29 is 4.74 Å². The van der Waals surface area contributed by atoms with Crippen molar-refractivity contribution in [3.63, 3.8) is 0 Å². The quantitative estimate of drug-likeness (QED) is 0.134. The summed E-state index contributed by atoms with van der Waals surface area (Å²) < 4.78 is 19.1. The van der Waals surface area contributed by atoms with E-state index in [0.29, 0.717) is 0 Å². The van der Waals surface area contributed by atoms with Crippen LogP contribution in [-0.2, 0) is 5.41 Å². The van der Waals surface area contributed by atoms with Crippen LogP contribution >= 0.6 is 11.7 Å². The van der Waals surface area contributed by atoms with Crippen LogP contribution in [0.4, 0.5) is 51.2 Å². The Hall–Kier alpha value is -11.6. The predicted molar refractivity (Wildman–Crippen MR) is 379 cm³/mol. The van der Waals surface area contributed by atoms with Crippen LogP contribution in [0.3, 0.4) is 0 Å². The first-order chi connectivity index (χ1) is 44.9. The van der Waals surface area contributed by atoms with E-state index < -0.39 is 0 Å². The van der Waals surface area contributed by atoms with Crippen molar-refractivity contribution in [2.24, 2.45) is 0 Å². The van der Waals surface area contributed by atoms with Gasteiger partial charge in [0.05, 0.1) is 51.2 Å². The molecule has 8 heteroatoms. The molecule has 0 radical (unpaired) electrons. The van der Waals surface area contributed by atoms with E-state index in [1.54, 1.807) is 0 Å². The van der Waals surface area contributed by atoms with E-state index in [2.05, 4.69) is 312 Å². The largest absolute Gasteiger partial charge is 0.453 e. The molecule has 0 N–H and O–H groups in total. The van der Waals surface area contributed by atoms with E-state index >= 15 is 0 Å². The zero-order valence-corrected chi connectivity index (χ0v) is 50.7. The van der Waals surface area contributed by atoms with E-state index in [1.807, 2.05) is 24.3 Å². The standard InChI is InChI=1S/C83H56N6OS/c1-83(2)70-23-8-10-25-73(70)87(74-26-11-9-24-71(74)83)62-41-33-55(34-42-62)59-38-47-72-69(51-59)67-45-37-60-49-57-19-6-7-20-58(57)50-68(60)82(67)89(72)63-43-35-56(36-44-63)66-46-48-77(81-80(66)84-91-85-81)86(61-39-31-54(32-40-61)53-17-4-3-5-18-53)64-21-16-22-65(52-64)88-75-27-12-14-29-78(75)90-79-30-15-13-28-76(79)88/h3-52H,1-2H3. The van der Waals surface area contributed by atoms with Crippen molar-refractivity contribution in [1.29, 1.82) is 0 Å². The summed E-state index contributed by atoms with van der Waals surface area (Å²) in [5.74, 6) is 1.61. The molecule has 0 saturated carbocycles. The maximum atomic E-state index is 6.45. The molecule has 91 heavy (non-hydrogen) atoms. The van der Waals surface area contributed by atoms with Crippen molar-refractivity contribution in [2.75, 3.05) is 14.7 Å². The summed E-state index contributed by atoms with van der Waals surface area (Å²) >= 11 is 1.25. The molecule has 430 valence electrons. The lowest BCUT2D eigenvalue weighted by molar-refractivity contribution is 0.477. The Balaban J connectivity index is 0.738. The highest BCUT2D eigenvalue weighted by Crippen LogP contribution is 2.54. The lowest BCUT2D eigenvalue weighted by atomic mass is 9.73.